The number of amides is 1. The topological polar surface area (TPSA) is 86.8 Å². The standard InChI is InChI=1S/C17H20N2O5/c20-16-13(7-8-22-16)18-17(21)24-14-6-5-12(11-3-4-11)15(19-14)23-9-10-1-2-10/h5-6,10-11,13H,1-4,7-9H2,(H,18,21)/t13-/m0/s1. The maximum absolute atomic E-state index is 11.9. The largest absolute Gasteiger partial charge is 0.477 e. The Morgan fingerprint density at radius 2 is 2.08 bits per heavy atom. The maximum atomic E-state index is 11.9. The lowest BCUT2D eigenvalue weighted by molar-refractivity contribution is -0.139. The fourth-order valence-corrected chi connectivity index (χ4v) is 2.69. The van der Waals surface area contributed by atoms with Gasteiger partial charge in [0.1, 0.15) is 6.04 Å². The molecule has 0 aromatic carbocycles. The number of rotatable bonds is 6. The van der Waals surface area contributed by atoms with Crippen molar-refractivity contribution in [2.24, 2.45) is 5.92 Å². The molecule has 1 atom stereocenters. The Balaban J connectivity index is 1.41. The van der Waals surface area contributed by atoms with E-state index in [4.69, 9.17) is 14.2 Å². The average molecular weight is 332 g/mol. The molecule has 3 fully saturated rings. The lowest BCUT2D eigenvalue weighted by Crippen LogP contribution is -2.39. The summed E-state index contributed by atoms with van der Waals surface area (Å²) in [5, 5.41) is 2.49. The van der Waals surface area contributed by atoms with E-state index < -0.39 is 18.1 Å². The monoisotopic (exact) mass is 332 g/mol. The van der Waals surface area contributed by atoms with E-state index in [1.54, 1.807) is 6.07 Å². The van der Waals surface area contributed by atoms with E-state index in [1.807, 2.05) is 6.07 Å². The molecular weight excluding hydrogens is 312 g/mol. The van der Waals surface area contributed by atoms with Gasteiger partial charge in [0.25, 0.3) is 0 Å². The van der Waals surface area contributed by atoms with Gasteiger partial charge in [-0.3, -0.25) is 0 Å². The lowest BCUT2D eigenvalue weighted by Gasteiger charge is -2.12. The summed E-state index contributed by atoms with van der Waals surface area (Å²) >= 11 is 0. The average Bonchev–Trinajstić information content (AvgIpc) is 3.47. The van der Waals surface area contributed by atoms with Gasteiger partial charge >= 0.3 is 12.1 Å². The van der Waals surface area contributed by atoms with Crippen molar-refractivity contribution in [1.29, 1.82) is 0 Å². The summed E-state index contributed by atoms with van der Waals surface area (Å²) < 4.78 is 15.8. The van der Waals surface area contributed by atoms with Crippen LogP contribution in [0.25, 0.3) is 0 Å². The molecular formula is C17H20N2O5. The van der Waals surface area contributed by atoms with Crippen LogP contribution in [-0.2, 0) is 9.53 Å². The molecule has 0 radical (unpaired) electrons. The van der Waals surface area contributed by atoms with Gasteiger partial charge in [0.2, 0.25) is 11.8 Å². The van der Waals surface area contributed by atoms with Crippen molar-refractivity contribution in [1.82, 2.24) is 10.3 Å². The second-order valence-electron chi connectivity index (χ2n) is 6.62. The van der Waals surface area contributed by atoms with Crippen LogP contribution in [-0.4, -0.2) is 36.3 Å². The molecule has 0 bridgehead atoms. The molecule has 3 aliphatic rings. The van der Waals surface area contributed by atoms with Crippen molar-refractivity contribution in [3.05, 3.63) is 17.7 Å². The smallest absolute Gasteiger partial charge is 0.414 e. The Morgan fingerprint density at radius 1 is 1.25 bits per heavy atom. The molecule has 1 aromatic heterocycles. The third-order valence-electron chi connectivity index (χ3n) is 4.46. The van der Waals surface area contributed by atoms with E-state index >= 15 is 0 Å². The van der Waals surface area contributed by atoms with E-state index in [1.165, 1.54) is 12.8 Å². The van der Waals surface area contributed by atoms with Crippen molar-refractivity contribution in [3.63, 3.8) is 0 Å². The van der Waals surface area contributed by atoms with Crippen molar-refractivity contribution >= 4 is 12.1 Å². The number of nitrogens with one attached hydrogen (secondary N) is 1. The van der Waals surface area contributed by atoms with Gasteiger partial charge < -0.3 is 19.5 Å². The molecule has 1 N–H and O–H groups in total. The molecule has 7 heteroatoms. The SMILES string of the molecule is O=C(N[C@H]1CCOC1=O)Oc1ccc(C2CC2)c(OCC2CC2)n1. The van der Waals surface area contributed by atoms with Gasteiger partial charge in [-0.25, -0.2) is 9.59 Å². The van der Waals surface area contributed by atoms with Crippen LogP contribution in [0, 0.1) is 5.92 Å². The van der Waals surface area contributed by atoms with Crippen LogP contribution < -0.4 is 14.8 Å². The summed E-state index contributed by atoms with van der Waals surface area (Å²) in [7, 11) is 0. The van der Waals surface area contributed by atoms with Gasteiger partial charge in [-0.15, -0.1) is 0 Å². The van der Waals surface area contributed by atoms with E-state index in [0.29, 0.717) is 37.4 Å². The van der Waals surface area contributed by atoms with E-state index in [-0.39, 0.29) is 5.88 Å². The minimum absolute atomic E-state index is 0.175. The minimum Gasteiger partial charge on any atom is -0.477 e. The van der Waals surface area contributed by atoms with Crippen molar-refractivity contribution < 1.29 is 23.8 Å². The highest BCUT2D eigenvalue weighted by atomic mass is 16.6. The first-order valence-electron chi connectivity index (χ1n) is 8.48. The molecule has 2 aliphatic carbocycles. The molecule has 1 aliphatic heterocycles. The molecule has 4 rings (SSSR count). The molecule has 0 spiro atoms. The van der Waals surface area contributed by atoms with E-state index in [2.05, 4.69) is 10.3 Å². The summed E-state index contributed by atoms with van der Waals surface area (Å²) in [6.45, 7) is 0.980. The van der Waals surface area contributed by atoms with Crippen LogP contribution in [0.2, 0.25) is 0 Å². The zero-order valence-corrected chi connectivity index (χ0v) is 13.3. The minimum atomic E-state index is -0.710. The first kappa shape index (κ1) is 15.2. The predicted octanol–water partition coefficient (Wildman–Crippen LogP) is 2.15. The van der Waals surface area contributed by atoms with Gasteiger partial charge in [-0.05, 0) is 43.6 Å². The number of hydrogen-bond acceptors (Lipinski definition) is 6. The number of cyclic esters (lactones) is 1. The normalized spacial score (nSPS) is 22.8. The molecule has 128 valence electrons. The van der Waals surface area contributed by atoms with Crippen molar-refractivity contribution in [2.45, 2.75) is 44.1 Å². The number of aromatic nitrogens is 1. The third-order valence-corrected chi connectivity index (χ3v) is 4.46. The molecule has 2 heterocycles. The van der Waals surface area contributed by atoms with E-state index in [9.17, 15) is 9.59 Å². The zero-order valence-electron chi connectivity index (χ0n) is 13.3. The third kappa shape index (κ3) is 3.60. The van der Waals surface area contributed by atoms with Crippen LogP contribution >= 0.6 is 0 Å². The van der Waals surface area contributed by atoms with Gasteiger partial charge in [-0.2, -0.15) is 4.98 Å². The lowest BCUT2D eigenvalue weighted by atomic mass is 10.2. The second-order valence-corrected chi connectivity index (χ2v) is 6.62. The maximum Gasteiger partial charge on any atom is 0.414 e. The number of ether oxygens (including phenoxy) is 3. The highest BCUT2D eigenvalue weighted by Gasteiger charge is 2.31. The Hall–Kier alpha value is -2.31. The van der Waals surface area contributed by atoms with Crippen molar-refractivity contribution in [2.75, 3.05) is 13.2 Å². The summed E-state index contributed by atoms with van der Waals surface area (Å²) in [5.74, 6) is 1.43. The van der Waals surface area contributed by atoms with Crippen molar-refractivity contribution in [3.8, 4) is 11.8 Å². The van der Waals surface area contributed by atoms with Crippen LogP contribution in [0.4, 0.5) is 4.79 Å². The van der Waals surface area contributed by atoms with Gasteiger partial charge in [-0.1, -0.05) is 0 Å². The first-order chi connectivity index (χ1) is 11.7. The Morgan fingerprint density at radius 3 is 2.75 bits per heavy atom. The highest BCUT2D eigenvalue weighted by molar-refractivity contribution is 5.83. The van der Waals surface area contributed by atoms with E-state index in [0.717, 1.165) is 18.4 Å². The Labute approximate surface area is 139 Å². The fraction of sp³-hybridized carbons (Fsp3) is 0.588. The summed E-state index contributed by atoms with van der Waals surface area (Å²) in [4.78, 5) is 27.6. The van der Waals surface area contributed by atoms with Gasteiger partial charge in [0.15, 0.2) is 0 Å². The summed E-state index contributed by atoms with van der Waals surface area (Å²) in [6.07, 6.45) is 4.44. The molecule has 2 saturated carbocycles. The van der Waals surface area contributed by atoms with Crippen LogP contribution in [0.3, 0.4) is 0 Å². The van der Waals surface area contributed by atoms with Gasteiger partial charge in [0, 0.05) is 18.1 Å². The summed E-state index contributed by atoms with van der Waals surface area (Å²) in [5.41, 5.74) is 1.09. The molecule has 24 heavy (non-hydrogen) atoms. The quantitative estimate of drug-likeness (QED) is 0.803. The molecule has 1 aromatic rings. The number of hydrogen-bond donors (Lipinski definition) is 1. The fourth-order valence-electron chi connectivity index (χ4n) is 2.69. The number of carbonyl (C=O) groups excluding carboxylic acids is 2. The van der Waals surface area contributed by atoms with Crippen LogP contribution in [0.1, 0.15) is 43.6 Å². The zero-order chi connectivity index (χ0) is 16.5. The predicted molar refractivity (Wildman–Crippen MR) is 83.0 cm³/mol. The summed E-state index contributed by atoms with van der Waals surface area (Å²) in [6, 6.07) is 2.94. The van der Waals surface area contributed by atoms with Crippen LogP contribution in [0.5, 0.6) is 11.8 Å². The van der Waals surface area contributed by atoms with Gasteiger partial charge in [0.05, 0.1) is 13.2 Å². The molecule has 1 amide bonds. The number of esters is 1. The molecule has 1 saturated heterocycles. The molecule has 7 nitrogen and oxygen atoms in total. The Bertz CT molecular complexity index is 654. The second kappa shape index (κ2) is 6.30. The number of nitrogens with zero attached hydrogens (tertiary/aromatic N) is 1. The first-order valence-corrected chi connectivity index (χ1v) is 8.48. The highest BCUT2D eigenvalue weighted by Crippen LogP contribution is 2.44. The molecule has 0 unspecified atom stereocenters. The Kier molecular flexibility index (Phi) is 4.00. The van der Waals surface area contributed by atoms with Crippen LogP contribution in [0.15, 0.2) is 12.1 Å². The number of pyridine rings is 1. The number of carbonyl (C=O) groups is 2.